The summed E-state index contributed by atoms with van der Waals surface area (Å²) in [7, 11) is 1.22. The second-order valence-electron chi connectivity index (χ2n) is 4.55. The number of rotatable bonds is 3. The molecule has 0 unspecified atom stereocenters. The molecular formula is C12H13ClF3N5O. The van der Waals surface area contributed by atoms with Crippen molar-refractivity contribution < 1.29 is 18.0 Å². The predicted octanol–water partition coefficient (Wildman–Crippen LogP) is 2.87. The lowest BCUT2D eigenvalue weighted by molar-refractivity contribution is -0.141. The number of halogens is 4. The maximum absolute atomic E-state index is 12.7. The molecule has 1 amide bonds. The number of anilines is 1. The van der Waals surface area contributed by atoms with Crippen molar-refractivity contribution in [3.63, 3.8) is 0 Å². The van der Waals surface area contributed by atoms with Crippen LogP contribution in [0.3, 0.4) is 0 Å². The Bertz CT molecular complexity index is 719. The summed E-state index contributed by atoms with van der Waals surface area (Å²) in [5.41, 5.74) is -0.566. The Morgan fingerprint density at radius 2 is 2.09 bits per heavy atom. The predicted molar refractivity (Wildman–Crippen MR) is 73.8 cm³/mol. The number of alkyl halides is 3. The molecule has 0 saturated heterocycles. The molecule has 0 aliphatic carbocycles. The molecule has 0 aliphatic heterocycles. The van der Waals surface area contributed by atoms with Crippen molar-refractivity contribution in [2.45, 2.75) is 26.6 Å². The molecular weight excluding hydrogens is 323 g/mol. The Labute approximate surface area is 128 Å². The van der Waals surface area contributed by atoms with Crippen molar-refractivity contribution in [3.8, 4) is 0 Å². The van der Waals surface area contributed by atoms with E-state index in [0.29, 0.717) is 17.9 Å². The van der Waals surface area contributed by atoms with Gasteiger partial charge in [-0.15, -0.1) is 0 Å². The molecule has 1 N–H and O–H groups in total. The zero-order valence-electron chi connectivity index (χ0n) is 12.0. The number of hydrogen-bond donors (Lipinski definition) is 1. The Morgan fingerprint density at radius 3 is 2.55 bits per heavy atom. The van der Waals surface area contributed by atoms with Gasteiger partial charge in [-0.2, -0.15) is 23.4 Å². The van der Waals surface area contributed by atoms with Crippen LogP contribution < -0.4 is 5.32 Å². The fourth-order valence-corrected chi connectivity index (χ4v) is 2.35. The molecule has 22 heavy (non-hydrogen) atoms. The molecule has 0 spiro atoms. The molecule has 0 radical (unpaired) electrons. The Hall–Kier alpha value is -2.03. The molecule has 0 aromatic carbocycles. The van der Waals surface area contributed by atoms with Gasteiger partial charge in [0.15, 0.2) is 5.69 Å². The summed E-state index contributed by atoms with van der Waals surface area (Å²) >= 11 is 5.66. The molecule has 0 saturated carbocycles. The molecule has 0 bridgehead atoms. The smallest absolute Gasteiger partial charge is 0.318 e. The van der Waals surface area contributed by atoms with Gasteiger partial charge in [0.05, 0.1) is 17.6 Å². The van der Waals surface area contributed by atoms with Crippen molar-refractivity contribution in [1.29, 1.82) is 0 Å². The summed E-state index contributed by atoms with van der Waals surface area (Å²) in [4.78, 5) is 12.2. The average molecular weight is 336 g/mol. The largest absolute Gasteiger partial charge is 0.436 e. The van der Waals surface area contributed by atoms with Gasteiger partial charge < -0.3 is 5.32 Å². The standard InChI is InChI=1S/C12H13ClF3N5O/c1-4-21-6(2)7(5-17-21)18-11(22)9-8(13)10(12(14,15)16)19-20(9)3/h5H,4H2,1-3H3,(H,18,22). The van der Waals surface area contributed by atoms with Crippen LogP contribution >= 0.6 is 11.6 Å². The first-order chi connectivity index (χ1) is 10.2. The van der Waals surface area contributed by atoms with Crippen molar-refractivity contribution in [2.75, 3.05) is 5.32 Å². The maximum atomic E-state index is 12.7. The third kappa shape index (κ3) is 2.80. The van der Waals surface area contributed by atoms with Gasteiger partial charge in [0, 0.05) is 13.6 Å². The topological polar surface area (TPSA) is 64.7 Å². The van der Waals surface area contributed by atoms with E-state index in [1.807, 2.05) is 6.92 Å². The maximum Gasteiger partial charge on any atom is 0.436 e. The summed E-state index contributed by atoms with van der Waals surface area (Å²) in [5, 5.41) is 9.07. The zero-order chi connectivity index (χ0) is 16.7. The molecule has 0 aliphatic rings. The van der Waals surface area contributed by atoms with E-state index in [-0.39, 0.29) is 5.69 Å². The van der Waals surface area contributed by atoms with Crippen molar-refractivity contribution >= 4 is 23.2 Å². The minimum absolute atomic E-state index is 0.363. The number of nitrogens with one attached hydrogen (secondary N) is 1. The van der Waals surface area contributed by atoms with Crippen LogP contribution in [0.15, 0.2) is 6.20 Å². The first kappa shape index (κ1) is 16.3. The average Bonchev–Trinajstić information content (AvgIpc) is 2.90. The lowest BCUT2D eigenvalue weighted by Gasteiger charge is -2.06. The van der Waals surface area contributed by atoms with Crippen molar-refractivity contribution in [1.82, 2.24) is 19.6 Å². The SMILES string of the molecule is CCn1ncc(NC(=O)c2c(Cl)c(C(F)(F)F)nn2C)c1C. The number of amides is 1. The number of aromatic nitrogens is 4. The zero-order valence-corrected chi connectivity index (χ0v) is 12.7. The van der Waals surface area contributed by atoms with Gasteiger partial charge in [-0.3, -0.25) is 14.2 Å². The fourth-order valence-electron chi connectivity index (χ4n) is 2.00. The Kier molecular flexibility index (Phi) is 4.19. The van der Waals surface area contributed by atoms with Gasteiger partial charge in [0.1, 0.15) is 10.7 Å². The van der Waals surface area contributed by atoms with E-state index in [4.69, 9.17) is 11.6 Å². The van der Waals surface area contributed by atoms with E-state index >= 15 is 0 Å². The summed E-state index contributed by atoms with van der Waals surface area (Å²) in [6.07, 6.45) is -3.30. The molecule has 0 fully saturated rings. The van der Waals surface area contributed by atoms with E-state index < -0.39 is 22.8 Å². The highest BCUT2D eigenvalue weighted by Crippen LogP contribution is 2.35. The molecule has 2 heterocycles. The van der Waals surface area contributed by atoms with Crippen LogP contribution in [0, 0.1) is 6.92 Å². The molecule has 2 aromatic rings. The van der Waals surface area contributed by atoms with Crippen LogP contribution in [-0.4, -0.2) is 25.5 Å². The molecule has 120 valence electrons. The van der Waals surface area contributed by atoms with Crippen LogP contribution in [0.25, 0.3) is 0 Å². The number of hydrogen-bond acceptors (Lipinski definition) is 3. The van der Waals surface area contributed by atoms with Gasteiger partial charge in [0.2, 0.25) is 0 Å². The van der Waals surface area contributed by atoms with Crippen LogP contribution in [0.4, 0.5) is 18.9 Å². The minimum atomic E-state index is -4.73. The number of carbonyl (C=O) groups is 1. The first-order valence-corrected chi connectivity index (χ1v) is 6.68. The molecule has 0 atom stereocenters. The highest BCUT2D eigenvalue weighted by atomic mass is 35.5. The monoisotopic (exact) mass is 335 g/mol. The number of carbonyl (C=O) groups excluding carboxylic acids is 1. The summed E-state index contributed by atoms with van der Waals surface area (Å²) in [5.74, 6) is -0.783. The molecule has 6 nitrogen and oxygen atoms in total. The van der Waals surface area contributed by atoms with Crippen LogP contribution in [-0.2, 0) is 19.8 Å². The normalized spacial score (nSPS) is 11.8. The summed E-state index contributed by atoms with van der Waals surface area (Å²) in [6, 6.07) is 0. The Balaban J connectivity index is 2.34. The van der Waals surface area contributed by atoms with Gasteiger partial charge >= 0.3 is 6.18 Å². The van der Waals surface area contributed by atoms with E-state index in [2.05, 4.69) is 15.5 Å². The third-order valence-electron chi connectivity index (χ3n) is 3.12. The number of aryl methyl sites for hydroxylation is 2. The minimum Gasteiger partial charge on any atom is -0.318 e. The fraction of sp³-hybridized carbons (Fsp3) is 0.417. The Morgan fingerprint density at radius 1 is 1.45 bits per heavy atom. The highest BCUT2D eigenvalue weighted by Gasteiger charge is 2.39. The van der Waals surface area contributed by atoms with Crippen LogP contribution in [0.1, 0.15) is 28.8 Å². The second kappa shape index (κ2) is 5.64. The van der Waals surface area contributed by atoms with E-state index in [9.17, 15) is 18.0 Å². The van der Waals surface area contributed by atoms with Crippen LogP contribution in [0.5, 0.6) is 0 Å². The lowest BCUT2D eigenvalue weighted by Crippen LogP contribution is -2.17. The van der Waals surface area contributed by atoms with Gasteiger partial charge in [-0.05, 0) is 13.8 Å². The van der Waals surface area contributed by atoms with Gasteiger partial charge in [-0.25, -0.2) is 0 Å². The molecule has 2 rings (SSSR count). The van der Waals surface area contributed by atoms with Gasteiger partial charge in [-0.1, -0.05) is 11.6 Å². The molecule has 2 aromatic heterocycles. The third-order valence-corrected chi connectivity index (χ3v) is 3.48. The second-order valence-corrected chi connectivity index (χ2v) is 4.92. The van der Waals surface area contributed by atoms with Crippen LogP contribution in [0.2, 0.25) is 5.02 Å². The summed E-state index contributed by atoms with van der Waals surface area (Å²) in [6.45, 7) is 4.21. The quantitative estimate of drug-likeness (QED) is 0.938. The first-order valence-electron chi connectivity index (χ1n) is 6.30. The molecule has 10 heteroatoms. The highest BCUT2D eigenvalue weighted by molar-refractivity contribution is 6.34. The van der Waals surface area contributed by atoms with Crippen molar-refractivity contribution in [3.05, 3.63) is 28.3 Å². The number of nitrogens with zero attached hydrogens (tertiary/aromatic N) is 4. The summed E-state index contributed by atoms with van der Waals surface area (Å²) < 4.78 is 40.7. The lowest BCUT2D eigenvalue weighted by atomic mass is 10.3. The van der Waals surface area contributed by atoms with E-state index in [1.165, 1.54) is 13.2 Å². The van der Waals surface area contributed by atoms with Gasteiger partial charge in [0.25, 0.3) is 5.91 Å². The van der Waals surface area contributed by atoms with E-state index in [0.717, 1.165) is 4.68 Å². The van der Waals surface area contributed by atoms with E-state index in [1.54, 1.807) is 11.6 Å². The van der Waals surface area contributed by atoms with Crippen molar-refractivity contribution in [2.24, 2.45) is 7.05 Å².